The van der Waals surface area contributed by atoms with Crippen molar-refractivity contribution in [3.63, 3.8) is 0 Å². The molecule has 9 heteroatoms. The minimum Gasteiger partial charge on any atom is -0.492 e. The number of amides is 1. The summed E-state index contributed by atoms with van der Waals surface area (Å²) in [4.78, 5) is 16.9. The Balaban J connectivity index is 1.93. The van der Waals surface area contributed by atoms with E-state index in [1.54, 1.807) is 43.3 Å². The van der Waals surface area contributed by atoms with Crippen LogP contribution in [0.4, 0.5) is 5.69 Å². The van der Waals surface area contributed by atoms with Gasteiger partial charge < -0.3 is 10.1 Å². The molecule has 1 amide bonds. The minimum atomic E-state index is -3.75. The zero-order valence-corrected chi connectivity index (χ0v) is 17.7. The molecule has 0 unspecified atom stereocenters. The molecular formula is C20H20ClN3O4S. The van der Waals surface area contributed by atoms with Gasteiger partial charge in [0.25, 0.3) is 5.91 Å². The Kier molecular flexibility index (Phi) is 6.07. The zero-order valence-electron chi connectivity index (χ0n) is 16.1. The molecule has 1 heterocycles. The fourth-order valence-corrected chi connectivity index (χ4v) is 3.91. The predicted octanol–water partition coefficient (Wildman–Crippen LogP) is 3.79. The van der Waals surface area contributed by atoms with E-state index in [1.807, 2.05) is 0 Å². The number of rotatable bonds is 6. The average molecular weight is 434 g/mol. The molecule has 3 rings (SSSR count). The van der Waals surface area contributed by atoms with Crippen LogP contribution in [-0.2, 0) is 10.0 Å². The largest absolute Gasteiger partial charge is 0.492 e. The van der Waals surface area contributed by atoms with Gasteiger partial charge in [-0.3, -0.25) is 4.79 Å². The number of ether oxygens (including phenoxy) is 1. The lowest BCUT2D eigenvalue weighted by Crippen LogP contribution is -2.23. The van der Waals surface area contributed by atoms with Crippen LogP contribution in [0.2, 0.25) is 5.15 Å². The van der Waals surface area contributed by atoms with E-state index >= 15 is 0 Å². The zero-order chi connectivity index (χ0) is 21.2. The summed E-state index contributed by atoms with van der Waals surface area (Å²) < 4.78 is 31.8. The summed E-state index contributed by atoms with van der Waals surface area (Å²) in [7, 11) is -0.877. The van der Waals surface area contributed by atoms with Gasteiger partial charge in [0.15, 0.2) is 0 Å². The minimum absolute atomic E-state index is 0.0143. The molecule has 0 saturated heterocycles. The Bertz CT molecular complexity index is 1180. The van der Waals surface area contributed by atoms with E-state index < -0.39 is 10.0 Å². The van der Waals surface area contributed by atoms with Crippen LogP contribution in [0, 0.1) is 0 Å². The van der Waals surface area contributed by atoms with Gasteiger partial charge in [0.1, 0.15) is 15.8 Å². The summed E-state index contributed by atoms with van der Waals surface area (Å²) in [5, 5.41) is 3.87. The van der Waals surface area contributed by atoms with Gasteiger partial charge in [-0.15, -0.1) is 0 Å². The van der Waals surface area contributed by atoms with Gasteiger partial charge in [-0.25, -0.2) is 17.7 Å². The number of carbonyl (C=O) groups is 1. The van der Waals surface area contributed by atoms with E-state index in [2.05, 4.69) is 10.3 Å². The topological polar surface area (TPSA) is 88.6 Å². The molecule has 3 aromatic rings. The molecule has 0 atom stereocenters. The van der Waals surface area contributed by atoms with Crippen molar-refractivity contribution in [1.82, 2.24) is 9.29 Å². The molecular weight excluding hydrogens is 414 g/mol. The van der Waals surface area contributed by atoms with Crippen molar-refractivity contribution in [3.8, 4) is 5.75 Å². The summed E-state index contributed by atoms with van der Waals surface area (Å²) in [5.41, 5.74) is 1.43. The normalized spacial score (nSPS) is 11.6. The maximum Gasteiger partial charge on any atom is 0.255 e. The second kappa shape index (κ2) is 8.36. The quantitative estimate of drug-likeness (QED) is 0.597. The third-order valence-corrected chi connectivity index (χ3v) is 6.22. The predicted molar refractivity (Wildman–Crippen MR) is 113 cm³/mol. The lowest BCUT2D eigenvalue weighted by Gasteiger charge is -2.16. The highest BCUT2D eigenvalue weighted by atomic mass is 35.5. The van der Waals surface area contributed by atoms with Gasteiger partial charge in [0.2, 0.25) is 10.0 Å². The first-order valence-electron chi connectivity index (χ1n) is 8.79. The molecule has 0 bridgehead atoms. The fraction of sp³-hybridized carbons (Fsp3) is 0.200. The maximum atomic E-state index is 12.7. The first-order chi connectivity index (χ1) is 13.7. The molecule has 0 aliphatic carbocycles. The lowest BCUT2D eigenvalue weighted by molar-refractivity contribution is 0.102. The number of fused-ring (bicyclic) bond motifs is 1. The summed E-state index contributed by atoms with van der Waals surface area (Å²) in [5.74, 6) is -0.146. The van der Waals surface area contributed by atoms with Gasteiger partial charge in [-0.2, -0.15) is 0 Å². The molecule has 1 N–H and O–H groups in total. The summed E-state index contributed by atoms with van der Waals surface area (Å²) >= 11 is 5.88. The number of nitrogens with one attached hydrogen (secondary N) is 1. The summed E-state index contributed by atoms with van der Waals surface area (Å²) in [6.45, 7) is 2.08. The van der Waals surface area contributed by atoms with Crippen LogP contribution in [0.15, 0.2) is 53.4 Å². The van der Waals surface area contributed by atoms with E-state index in [-0.39, 0.29) is 16.6 Å². The second-order valence-electron chi connectivity index (χ2n) is 6.38. The molecule has 7 nitrogen and oxygen atoms in total. The molecule has 29 heavy (non-hydrogen) atoms. The SMILES string of the molecule is CCOc1ccc(NC(=O)c2ccc3nc(Cl)ccc3c2)cc1S(=O)(=O)N(C)C. The molecule has 1 aromatic heterocycles. The van der Waals surface area contributed by atoms with Crippen LogP contribution >= 0.6 is 11.6 Å². The highest BCUT2D eigenvalue weighted by Crippen LogP contribution is 2.29. The number of hydrogen-bond acceptors (Lipinski definition) is 5. The first kappa shape index (κ1) is 21.0. The Hall–Kier alpha value is -2.68. The number of pyridine rings is 1. The first-order valence-corrected chi connectivity index (χ1v) is 10.6. The number of aromatic nitrogens is 1. The Labute approximate surface area is 174 Å². The highest BCUT2D eigenvalue weighted by molar-refractivity contribution is 7.89. The van der Waals surface area contributed by atoms with E-state index in [9.17, 15) is 13.2 Å². The maximum absolute atomic E-state index is 12.7. The third-order valence-electron chi connectivity index (χ3n) is 4.18. The van der Waals surface area contributed by atoms with Crippen molar-refractivity contribution >= 4 is 44.1 Å². The third kappa shape index (κ3) is 4.50. The van der Waals surface area contributed by atoms with Gasteiger partial charge >= 0.3 is 0 Å². The van der Waals surface area contributed by atoms with Gasteiger partial charge in [0, 0.05) is 30.7 Å². The monoisotopic (exact) mass is 433 g/mol. The summed E-state index contributed by atoms with van der Waals surface area (Å²) in [6, 6.07) is 13.0. The van der Waals surface area contributed by atoms with Gasteiger partial charge in [-0.05, 0) is 55.5 Å². The number of carbonyl (C=O) groups excluding carboxylic acids is 1. The molecule has 0 aliphatic heterocycles. The van der Waals surface area contributed by atoms with E-state index in [1.165, 1.54) is 26.2 Å². The van der Waals surface area contributed by atoms with Gasteiger partial charge in [-0.1, -0.05) is 11.6 Å². The highest BCUT2D eigenvalue weighted by Gasteiger charge is 2.23. The summed E-state index contributed by atoms with van der Waals surface area (Å²) in [6.07, 6.45) is 0. The average Bonchev–Trinajstić information content (AvgIpc) is 2.68. The smallest absolute Gasteiger partial charge is 0.255 e. The van der Waals surface area contributed by atoms with Crippen LogP contribution < -0.4 is 10.1 Å². The Morgan fingerprint density at radius 2 is 1.90 bits per heavy atom. The van der Waals surface area contributed by atoms with E-state index in [0.717, 1.165) is 9.69 Å². The van der Waals surface area contributed by atoms with Crippen molar-refractivity contribution in [2.75, 3.05) is 26.0 Å². The van der Waals surface area contributed by atoms with Crippen LogP contribution in [0.1, 0.15) is 17.3 Å². The number of halogens is 1. The fourth-order valence-electron chi connectivity index (χ4n) is 2.70. The van der Waals surface area contributed by atoms with E-state index in [0.29, 0.717) is 28.5 Å². The molecule has 152 valence electrons. The number of sulfonamides is 1. The lowest BCUT2D eigenvalue weighted by atomic mass is 10.1. The standard InChI is InChI=1S/C20H20ClN3O4S/c1-4-28-17-9-7-15(12-18(17)29(26,27)24(2)3)22-20(25)14-5-8-16-13(11-14)6-10-19(21)23-16/h5-12H,4H2,1-3H3,(H,22,25). The van der Waals surface area contributed by atoms with Crippen molar-refractivity contribution in [2.24, 2.45) is 0 Å². The molecule has 0 spiro atoms. The Morgan fingerprint density at radius 1 is 1.14 bits per heavy atom. The van der Waals surface area contributed by atoms with Crippen LogP contribution in [0.5, 0.6) is 5.75 Å². The second-order valence-corrected chi connectivity index (χ2v) is 8.89. The van der Waals surface area contributed by atoms with Crippen molar-refractivity contribution in [3.05, 3.63) is 59.2 Å². The number of hydrogen-bond donors (Lipinski definition) is 1. The van der Waals surface area contributed by atoms with Crippen molar-refractivity contribution in [1.29, 1.82) is 0 Å². The molecule has 0 fully saturated rings. The Morgan fingerprint density at radius 3 is 2.59 bits per heavy atom. The van der Waals surface area contributed by atoms with Crippen LogP contribution in [0.25, 0.3) is 10.9 Å². The van der Waals surface area contributed by atoms with Crippen LogP contribution in [-0.4, -0.2) is 44.3 Å². The van der Waals surface area contributed by atoms with E-state index in [4.69, 9.17) is 16.3 Å². The molecule has 0 aliphatic rings. The van der Waals surface area contributed by atoms with Crippen LogP contribution in [0.3, 0.4) is 0 Å². The number of nitrogens with zero attached hydrogens (tertiary/aromatic N) is 2. The number of anilines is 1. The molecule has 0 saturated carbocycles. The number of benzene rings is 2. The van der Waals surface area contributed by atoms with Crippen molar-refractivity contribution < 1.29 is 17.9 Å². The van der Waals surface area contributed by atoms with Crippen molar-refractivity contribution in [2.45, 2.75) is 11.8 Å². The van der Waals surface area contributed by atoms with Gasteiger partial charge in [0.05, 0.1) is 12.1 Å². The molecule has 2 aromatic carbocycles. The molecule has 0 radical (unpaired) electrons.